The smallest absolute Gasteiger partial charge is 0.0814 e. The topological polar surface area (TPSA) is 49.5 Å². The van der Waals surface area contributed by atoms with E-state index in [0.29, 0.717) is 6.54 Å². The van der Waals surface area contributed by atoms with Crippen molar-refractivity contribution in [2.75, 3.05) is 19.6 Å². The van der Waals surface area contributed by atoms with Gasteiger partial charge in [0.1, 0.15) is 0 Å². The molecule has 0 aromatic carbocycles. The molecule has 0 fully saturated rings. The molecule has 0 aliphatic carbocycles. The molecule has 11 heavy (non-hydrogen) atoms. The molecule has 0 amide bonds. The maximum atomic E-state index is 9.39. The summed E-state index contributed by atoms with van der Waals surface area (Å²) < 4.78 is 0. The number of nitrogens with zero attached hydrogens (tertiary/aromatic N) is 1. The van der Waals surface area contributed by atoms with Crippen LogP contribution in [0, 0.1) is 0 Å². The molecule has 3 N–H and O–H groups in total. The highest BCUT2D eigenvalue weighted by atomic mass is 16.3. The Hall–Kier alpha value is -0.120. The highest BCUT2D eigenvalue weighted by Gasteiger charge is 2.17. The zero-order chi connectivity index (χ0) is 8.85. The lowest BCUT2D eigenvalue weighted by atomic mass is 10.1. The van der Waals surface area contributed by atoms with Gasteiger partial charge in [-0.2, -0.15) is 0 Å². The van der Waals surface area contributed by atoms with Gasteiger partial charge in [-0.05, 0) is 20.0 Å². The first-order valence-corrected chi connectivity index (χ1v) is 4.29. The molecule has 0 rings (SSSR count). The van der Waals surface area contributed by atoms with E-state index in [0.717, 1.165) is 13.1 Å². The van der Waals surface area contributed by atoms with Crippen LogP contribution in [-0.4, -0.2) is 41.8 Å². The Bertz CT molecular complexity index is 94.1. The summed E-state index contributed by atoms with van der Waals surface area (Å²) in [6, 6.07) is 0.176. The Morgan fingerprint density at radius 1 is 1.36 bits per heavy atom. The molecule has 3 heteroatoms. The van der Waals surface area contributed by atoms with Crippen molar-refractivity contribution in [2.24, 2.45) is 5.73 Å². The minimum atomic E-state index is -0.394. The first-order chi connectivity index (χ1) is 5.17. The fourth-order valence-electron chi connectivity index (χ4n) is 1.24. The normalized spacial score (nSPS) is 16.9. The first-order valence-electron chi connectivity index (χ1n) is 4.29. The predicted octanol–water partition coefficient (Wildman–Crippen LogP) is 0.0363. The molecule has 0 radical (unpaired) electrons. The Labute approximate surface area is 69.2 Å². The number of aliphatic hydroxyl groups excluding tert-OH is 1. The van der Waals surface area contributed by atoms with Crippen LogP contribution in [0.2, 0.25) is 0 Å². The summed E-state index contributed by atoms with van der Waals surface area (Å²) in [6.45, 7) is 8.46. The van der Waals surface area contributed by atoms with Crippen LogP contribution in [0.3, 0.4) is 0 Å². The Kier molecular flexibility index (Phi) is 5.46. The molecule has 0 saturated heterocycles. The molecule has 0 spiro atoms. The summed E-state index contributed by atoms with van der Waals surface area (Å²) in [4.78, 5) is 2.19. The quantitative estimate of drug-likeness (QED) is 0.597. The molecule has 0 bridgehead atoms. The van der Waals surface area contributed by atoms with Crippen molar-refractivity contribution >= 4 is 0 Å². The van der Waals surface area contributed by atoms with Gasteiger partial charge in [0, 0.05) is 12.6 Å². The van der Waals surface area contributed by atoms with Gasteiger partial charge in [0.15, 0.2) is 0 Å². The van der Waals surface area contributed by atoms with E-state index >= 15 is 0 Å². The van der Waals surface area contributed by atoms with E-state index < -0.39 is 6.10 Å². The lowest BCUT2D eigenvalue weighted by Crippen LogP contribution is -2.44. The Morgan fingerprint density at radius 3 is 2.09 bits per heavy atom. The fraction of sp³-hybridized carbons (Fsp3) is 1.00. The molecular formula is C8H20N2O. The zero-order valence-corrected chi connectivity index (χ0v) is 7.75. The summed E-state index contributed by atoms with van der Waals surface area (Å²) in [7, 11) is 0. The minimum absolute atomic E-state index is 0.176. The number of hydrogen-bond acceptors (Lipinski definition) is 3. The molecule has 0 aromatic rings. The van der Waals surface area contributed by atoms with Crippen LogP contribution in [0.4, 0.5) is 0 Å². The molecule has 0 aromatic heterocycles. The van der Waals surface area contributed by atoms with Gasteiger partial charge in [0.2, 0.25) is 0 Å². The van der Waals surface area contributed by atoms with Crippen molar-refractivity contribution in [1.29, 1.82) is 0 Å². The molecule has 0 saturated carbocycles. The van der Waals surface area contributed by atoms with E-state index in [1.165, 1.54) is 0 Å². The molecule has 2 unspecified atom stereocenters. The van der Waals surface area contributed by atoms with E-state index in [1.807, 2.05) is 6.92 Å². The van der Waals surface area contributed by atoms with Gasteiger partial charge in [-0.15, -0.1) is 0 Å². The molecule has 0 aliphatic heterocycles. The maximum absolute atomic E-state index is 9.39. The van der Waals surface area contributed by atoms with Gasteiger partial charge in [0.05, 0.1) is 6.10 Å². The number of nitrogens with two attached hydrogens (primary N) is 1. The highest BCUT2D eigenvalue weighted by Crippen LogP contribution is 2.02. The molecule has 0 aliphatic rings. The van der Waals surface area contributed by atoms with E-state index in [2.05, 4.69) is 18.7 Å². The average molecular weight is 160 g/mol. The number of rotatable bonds is 5. The van der Waals surface area contributed by atoms with Crippen LogP contribution >= 0.6 is 0 Å². The summed E-state index contributed by atoms with van der Waals surface area (Å²) >= 11 is 0. The van der Waals surface area contributed by atoms with Gasteiger partial charge in [-0.1, -0.05) is 13.8 Å². The van der Waals surface area contributed by atoms with Gasteiger partial charge in [-0.25, -0.2) is 0 Å². The standard InChI is InChI=1S/C8H20N2O/c1-4-10(5-2)7(3)8(11)6-9/h7-8,11H,4-6,9H2,1-3H3. The monoisotopic (exact) mass is 160 g/mol. The van der Waals surface area contributed by atoms with Crippen molar-refractivity contribution in [3.8, 4) is 0 Å². The minimum Gasteiger partial charge on any atom is -0.390 e. The van der Waals surface area contributed by atoms with Crippen LogP contribution in [0.15, 0.2) is 0 Å². The molecule has 3 nitrogen and oxygen atoms in total. The van der Waals surface area contributed by atoms with Crippen molar-refractivity contribution in [3.05, 3.63) is 0 Å². The third-order valence-corrected chi connectivity index (χ3v) is 2.19. The van der Waals surface area contributed by atoms with Gasteiger partial charge >= 0.3 is 0 Å². The van der Waals surface area contributed by atoms with E-state index in [-0.39, 0.29) is 6.04 Å². The van der Waals surface area contributed by atoms with Gasteiger partial charge in [-0.3, -0.25) is 4.90 Å². The largest absolute Gasteiger partial charge is 0.390 e. The second kappa shape index (κ2) is 5.52. The molecule has 2 atom stereocenters. The van der Waals surface area contributed by atoms with Crippen LogP contribution in [0.1, 0.15) is 20.8 Å². The molecule has 68 valence electrons. The third-order valence-electron chi connectivity index (χ3n) is 2.19. The van der Waals surface area contributed by atoms with Gasteiger partial charge in [0.25, 0.3) is 0 Å². The second-order valence-corrected chi connectivity index (χ2v) is 2.76. The van der Waals surface area contributed by atoms with E-state index in [9.17, 15) is 5.11 Å². The summed E-state index contributed by atoms with van der Waals surface area (Å²) in [5, 5.41) is 9.39. The average Bonchev–Trinajstić information content (AvgIpc) is 2.05. The summed E-state index contributed by atoms with van der Waals surface area (Å²) in [5.41, 5.74) is 5.34. The summed E-state index contributed by atoms with van der Waals surface area (Å²) in [6.07, 6.45) is -0.394. The highest BCUT2D eigenvalue weighted by molar-refractivity contribution is 4.73. The molecular weight excluding hydrogens is 140 g/mol. The van der Waals surface area contributed by atoms with Crippen LogP contribution in [-0.2, 0) is 0 Å². The van der Waals surface area contributed by atoms with Crippen LogP contribution in [0.5, 0.6) is 0 Å². The summed E-state index contributed by atoms with van der Waals surface area (Å²) in [5.74, 6) is 0. The van der Waals surface area contributed by atoms with Crippen molar-refractivity contribution in [1.82, 2.24) is 4.90 Å². The predicted molar refractivity (Wildman–Crippen MR) is 47.4 cm³/mol. The van der Waals surface area contributed by atoms with E-state index in [1.54, 1.807) is 0 Å². The van der Waals surface area contributed by atoms with E-state index in [4.69, 9.17) is 5.73 Å². The van der Waals surface area contributed by atoms with Gasteiger partial charge < -0.3 is 10.8 Å². The Morgan fingerprint density at radius 2 is 1.82 bits per heavy atom. The maximum Gasteiger partial charge on any atom is 0.0814 e. The van der Waals surface area contributed by atoms with Crippen molar-refractivity contribution in [3.63, 3.8) is 0 Å². The number of aliphatic hydroxyl groups is 1. The SMILES string of the molecule is CCN(CC)C(C)C(O)CN. The number of hydrogen-bond donors (Lipinski definition) is 2. The van der Waals surface area contributed by atoms with Crippen molar-refractivity contribution < 1.29 is 5.11 Å². The lowest BCUT2D eigenvalue weighted by molar-refractivity contribution is 0.0702. The first kappa shape index (κ1) is 10.9. The third kappa shape index (κ3) is 3.18. The van der Waals surface area contributed by atoms with Crippen LogP contribution < -0.4 is 5.73 Å². The number of likely N-dealkylation sites (N-methyl/N-ethyl adjacent to an activating group) is 1. The lowest BCUT2D eigenvalue weighted by Gasteiger charge is -2.29. The molecule has 0 heterocycles. The Balaban J connectivity index is 3.86. The van der Waals surface area contributed by atoms with Crippen molar-refractivity contribution in [2.45, 2.75) is 32.9 Å². The van der Waals surface area contributed by atoms with Crippen LogP contribution in [0.25, 0.3) is 0 Å². The fourth-order valence-corrected chi connectivity index (χ4v) is 1.24. The second-order valence-electron chi connectivity index (χ2n) is 2.76. The zero-order valence-electron chi connectivity index (χ0n) is 7.75.